The second kappa shape index (κ2) is 8.67. The summed E-state index contributed by atoms with van der Waals surface area (Å²) in [6.07, 6.45) is 2.41. The van der Waals surface area contributed by atoms with Gasteiger partial charge in [-0.15, -0.1) is 0 Å². The fourth-order valence-electron chi connectivity index (χ4n) is 4.01. The van der Waals surface area contributed by atoms with Gasteiger partial charge in [0.15, 0.2) is 5.84 Å². The summed E-state index contributed by atoms with van der Waals surface area (Å²) in [6, 6.07) is 22.3. The predicted octanol–water partition coefficient (Wildman–Crippen LogP) is 5.02. The zero-order chi connectivity index (χ0) is 22.9. The van der Waals surface area contributed by atoms with Gasteiger partial charge in [0, 0.05) is 24.4 Å². The van der Waals surface area contributed by atoms with E-state index in [2.05, 4.69) is 33.7 Å². The molecule has 0 aliphatic carbocycles. The number of benzene rings is 2. The molecule has 0 saturated carbocycles. The van der Waals surface area contributed by atoms with Crippen molar-refractivity contribution in [1.29, 1.82) is 5.41 Å². The summed E-state index contributed by atoms with van der Waals surface area (Å²) < 4.78 is 2.22. The van der Waals surface area contributed by atoms with Crippen LogP contribution in [-0.4, -0.2) is 31.5 Å². The van der Waals surface area contributed by atoms with E-state index < -0.39 is 5.91 Å². The molecule has 0 fully saturated rings. The van der Waals surface area contributed by atoms with E-state index in [9.17, 15) is 4.79 Å². The number of hydrogen-bond acceptors (Lipinski definition) is 4. The molecule has 2 aromatic carbocycles. The van der Waals surface area contributed by atoms with E-state index >= 15 is 0 Å². The fourth-order valence-corrected chi connectivity index (χ4v) is 4.93. The number of amidine groups is 2. The SMILES string of the molecule is Cc1cc(C=C2C(=N)N3N=C(Cc4ccccc4)SC3=NC2=O)c(C)n1Cc1ccccc1. The summed E-state index contributed by atoms with van der Waals surface area (Å²) in [5.41, 5.74) is 5.65. The number of rotatable bonds is 5. The number of fused-ring (bicyclic) bond motifs is 1. The van der Waals surface area contributed by atoms with Crippen LogP contribution in [0, 0.1) is 19.3 Å². The Bertz CT molecular complexity index is 1340. The molecule has 7 heteroatoms. The van der Waals surface area contributed by atoms with E-state index in [1.54, 1.807) is 6.08 Å². The minimum absolute atomic E-state index is 0.0634. The van der Waals surface area contributed by atoms with Crippen molar-refractivity contribution in [2.45, 2.75) is 26.8 Å². The van der Waals surface area contributed by atoms with Crippen LogP contribution in [0.4, 0.5) is 0 Å². The third-order valence-corrected chi connectivity index (χ3v) is 6.70. The van der Waals surface area contributed by atoms with Crippen LogP contribution in [0.3, 0.4) is 0 Å². The lowest BCUT2D eigenvalue weighted by molar-refractivity contribution is -0.114. The van der Waals surface area contributed by atoms with E-state index in [4.69, 9.17) is 5.41 Å². The maximum Gasteiger partial charge on any atom is 0.283 e. The molecule has 2 aliphatic heterocycles. The normalized spacial score (nSPS) is 16.8. The van der Waals surface area contributed by atoms with Crippen LogP contribution in [0.2, 0.25) is 0 Å². The molecule has 0 unspecified atom stereocenters. The molecular weight excluding hydrogens is 430 g/mol. The Hall–Kier alpha value is -3.71. The van der Waals surface area contributed by atoms with Gasteiger partial charge in [0.05, 0.1) is 5.57 Å². The first-order valence-electron chi connectivity index (χ1n) is 10.7. The fraction of sp³-hybridized carbons (Fsp3) is 0.154. The first kappa shape index (κ1) is 21.2. The zero-order valence-corrected chi connectivity index (χ0v) is 19.3. The van der Waals surface area contributed by atoms with Crippen molar-refractivity contribution in [1.82, 2.24) is 9.58 Å². The lowest BCUT2D eigenvalue weighted by atomic mass is 10.1. The second-order valence-electron chi connectivity index (χ2n) is 8.07. The Morgan fingerprint density at radius 1 is 1.00 bits per heavy atom. The van der Waals surface area contributed by atoms with Crippen molar-refractivity contribution in [2.75, 3.05) is 0 Å². The first-order chi connectivity index (χ1) is 16.0. The molecule has 1 N–H and O–H groups in total. The molecule has 3 heterocycles. The number of nitrogens with one attached hydrogen (secondary N) is 1. The van der Waals surface area contributed by atoms with Crippen molar-refractivity contribution in [3.8, 4) is 0 Å². The third kappa shape index (κ3) is 4.19. The van der Waals surface area contributed by atoms with Gasteiger partial charge in [-0.2, -0.15) is 15.1 Å². The van der Waals surface area contributed by atoms with Gasteiger partial charge < -0.3 is 4.57 Å². The molecule has 164 valence electrons. The van der Waals surface area contributed by atoms with Crippen LogP contribution in [0.25, 0.3) is 6.08 Å². The molecule has 3 aromatic rings. The topological polar surface area (TPSA) is 73.8 Å². The van der Waals surface area contributed by atoms with Gasteiger partial charge in [-0.25, -0.2) is 0 Å². The second-order valence-corrected chi connectivity index (χ2v) is 9.11. The van der Waals surface area contributed by atoms with Crippen LogP contribution in [0.15, 0.2) is 82.4 Å². The van der Waals surface area contributed by atoms with Crippen molar-refractivity contribution in [3.05, 3.63) is 100 Å². The highest BCUT2D eigenvalue weighted by molar-refractivity contribution is 8.26. The van der Waals surface area contributed by atoms with Crippen LogP contribution < -0.4 is 0 Å². The lowest BCUT2D eigenvalue weighted by Gasteiger charge is -2.20. The number of nitrogens with zero attached hydrogens (tertiary/aromatic N) is 4. The largest absolute Gasteiger partial charge is 0.344 e. The molecule has 0 atom stereocenters. The van der Waals surface area contributed by atoms with E-state index in [0.29, 0.717) is 11.6 Å². The van der Waals surface area contributed by atoms with Crippen molar-refractivity contribution < 1.29 is 4.79 Å². The molecule has 5 rings (SSSR count). The summed E-state index contributed by atoms with van der Waals surface area (Å²) >= 11 is 1.35. The van der Waals surface area contributed by atoms with Gasteiger partial charge in [0.1, 0.15) is 5.04 Å². The number of amides is 1. The highest BCUT2D eigenvalue weighted by Crippen LogP contribution is 2.30. The molecule has 0 bridgehead atoms. The number of carbonyl (C=O) groups excluding carboxylic acids is 1. The standard InChI is InChI=1S/C26H23N5OS/c1-17-13-21(18(2)30(17)16-20-11-7-4-8-12-20)15-22-24(27)31-26(28-25(22)32)33-23(29-31)14-19-9-5-3-6-10-19/h3-13,15,27H,14,16H2,1-2H3. The quantitative estimate of drug-likeness (QED) is 0.552. The number of aromatic nitrogens is 1. The molecule has 33 heavy (non-hydrogen) atoms. The highest BCUT2D eigenvalue weighted by Gasteiger charge is 2.35. The molecule has 0 radical (unpaired) electrons. The Balaban J connectivity index is 1.42. The Labute approximate surface area is 196 Å². The Morgan fingerprint density at radius 2 is 1.67 bits per heavy atom. The first-order valence-corrected chi connectivity index (χ1v) is 11.5. The number of hydrogen-bond donors (Lipinski definition) is 1. The highest BCUT2D eigenvalue weighted by atomic mass is 32.2. The number of hydrazone groups is 1. The maximum absolute atomic E-state index is 12.8. The van der Waals surface area contributed by atoms with Gasteiger partial charge in [-0.3, -0.25) is 10.2 Å². The maximum atomic E-state index is 12.8. The van der Waals surface area contributed by atoms with E-state index in [-0.39, 0.29) is 11.4 Å². The average molecular weight is 454 g/mol. The van der Waals surface area contributed by atoms with Gasteiger partial charge in [0.2, 0.25) is 5.17 Å². The van der Waals surface area contributed by atoms with Gasteiger partial charge in [-0.05, 0) is 54.4 Å². The van der Waals surface area contributed by atoms with Crippen molar-refractivity contribution in [3.63, 3.8) is 0 Å². The van der Waals surface area contributed by atoms with E-state index in [1.165, 1.54) is 22.3 Å². The van der Waals surface area contributed by atoms with Crippen LogP contribution in [-0.2, 0) is 17.8 Å². The van der Waals surface area contributed by atoms with Crippen molar-refractivity contribution >= 4 is 39.8 Å². The Kier molecular flexibility index (Phi) is 5.56. The molecule has 2 aliphatic rings. The minimum atomic E-state index is -0.400. The summed E-state index contributed by atoms with van der Waals surface area (Å²) in [7, 11) is 0. The van der Waals surface area contributed by atoms with E-state index in [1.807, 2.05) is 61.5 Å². The predicted molar refractivity (Wildman–Crippen MR) is 135 cm³/mol. The Morgan fingerprint density at radius 3 is 2.36 bits per heavy atom. The lowest BCUT2D eigenvalue weighted by Crippen LogP contribution is -2.35. The van der Waals surface area contributed by atoms with Gasteiger partial charge in [0.25, 0.3) is 5.91 Å². The molecule has 0 spiro atoms. The molecule has 1 aromatic heterocycles. The van der Waals surface area contributed by atoms with Gasteiger partial charge >= 0.3 is 0 Å². The van der Waals surface area contributed by atoms with Crippen molar-refractivity contribution in [2.24, 2.45) is 10.1 Å². The van der Waals surface area contributed by atoms with Gasteiger partial charge in [-0.1, -0.05) is 60.7 Å². The summed E-state index contributed by atoms with van der Waals surface area (Å²) in [4.78, 5) is 17.0. The third-order valence-electron chi connectivity index (χ3n) is 5.79. The number of aliphatic imine (C=N–C) groups is 1. The van der Waals surface area contributed by atoms with Crippen LogP contribution in [0.1, 0.15) is 28.1 Å². The molecule has 6 nitrogen and oxygen atoms in total. The van der Waals surface area contributed by atoms with Crippen LogP contribution in [0.5, 0.6) is 0 Å². The molecule has 0 saturated heterocycles. The summed E-state index contributed by atoms with van der Waals surface area (Å²) in [6.45, 7) is 4.85. The van der Waals surface area contributed by atoms with Crippen LogP contribution >= 0.6 is 11.8 Å². The smallest absolute Gasteiger partial charge is 0.283 e. The minimum Gasteiger partial charge on any atom is -0.344 e. The summed E-state index contributed by atoms with van der Waals surface area (Å²) in [5, 5.41) is 16.0. The number of aryl methyl sites for hydroxylation is 1. The molecule has 1 amide bonds. The molecular formula is C26H23N5OS. The number of carbonyl (C=O) groups is 1. The average Bonchev–Trinajstić information content (AvgIpc) is 3.33. The summed E-state index contributed by atoms with van der Waals surface area (Å²) in [5.74, 6) is -0.337. The number of thioether (sulfide) groups is 1. The van der Waals surface area contributed by atoms with E-state index in [0.717, 1.165) is 34.1 Å². The monoisotopic (exact) mass is 453 g/mol. The zero-order valence-electron chi connectivity index (χ0n) is 18.4.